The highest BCUT2D eigenvalue weighted by atomic mass is 32.4. The Morgan fingerprint density at radius 3 is 2.44 bits per heavy atom. The van der Waals surface area contributed by atoms with Gasteiger partial charge in [-0.2, -0.15) is 0 Å². The summed E-state index contributed by atoms with van der Waals surface area (Å²) in [5.74, 6) is 1.71. The highest BCUT2D eigenvalue weighted by Gasteiger charge is 2.64. The molecule has 0 unspecified atom stereocenters. The maximum atomic E-state index is 6.86. The molecule has 0 amide bonds. The fourth-order valence-electron chi connectivity index (χ4n) is 6.68. The van der Waals surface area contributed by atoms with Crippen LogP contribution in [-0.4, -0.2) is 30.4 Å². The molecule has 6 rings (SSSR count). The van der Waals surface area contributed by atoms with Crippen LogP contribution in [0.15, 0.2) is 83.4 Å². The average molecular weight is 486 g/mol. The molecule has 0 aromatic heterocycles. The lowest BCUT2D eigenvalue weighted by atomic mass is 9.68. The molecule has 1 saturated heterocycles. The first-order chi connectivity index (χ1) is 16.3. The van der Waals surface area contributed by atoms with Gasteiger partial charge in [-0.15, -0.1) is 0 Å². The van der Waals surface area contributed by atoms with Gasteiger partial charge in [-0.3, -0.25) is 0 Å². The van der Waals surface area contributed by atoms with Crippen molar-refractivity contribution in [3.63, 3.8) is 0 Å². The molecule has 5 atom stereocenters. The van der Waals surface area contributed by atoms with Gasteiger partial charge in [0.05, 0.1) is 11.7 Å². The van der Waals surface area contributed by atoms with Crippen LogP contribution in [0.5, 0.6) is 0 Å². The molecule has 0 spiro atoms. The summed E-state index contributed by atoms with van der Waals surface area (Å²) >= 11 is 6.86. The molecule has 4 heteroatoms. The van der Waals surface area contributed by atoms with Crippen LogP contribution in [0.4, 0.5) is 0 Å². The van der Waals surface area contributed by atoms with Crippen molar-refractivity contribution in [2.24, 2.45) is 16.3 Å². The Balaban J connectivity index is 1.60. The minimum atomic E-state index is -2.02. The minimum absolute atomic E-state index is 0.00955. The molecule has 3 aliphatic heterocycles. The SMILES string of the molecule is CC1=C(c2cccc3ccccc23)[P@]2(=S)C[C@]1(C)[C@@H](c1ccccc1)[C@H]2C1=N[C@@H](C(C)C)CO1. The zero-order valence-corrected chi connectivity index (χ0v) is 22.1. The van der Waals surface area contributed by atoms with E-state index in [1.807, 2.05) is 0 Å². The van der Waals surface area contributed by atoms with Crippen molar-refractivity contribution in [3.05, 3.63) is 89.5 Å². The number of hydrogen-bond acceptors (Lipinski definition) is 3. The van der Waals surface area contributed by atoms with E-state index in [1.165, 1.54) is 32.8 Å². The molecule has 3 heterocycles. The Labute approximate surface area is 208 Å². The quantitative estimate of drug-likeness (QED) is 0.353. The molecule has 2 nitrogen and oxygen atoms in total. The first-order valence-corrected chi connectivity index (χ1v) is 15.4. The summed E-state index contributed by atoms with van der Waals surface area (Å²) in [7, 11) is 0. The molecule has 0 aliphatic carbocycles. The molecule has 2 bridgehead atoms. The van der Waals surface area contributed by atoms with Crippen LogP contribution in [0.25, 0.3) is 16.1 Å². The lowest BCUT2D eigenvalue weighted by Crippen LogP contribution is -2.35. The Morgan fingerprint density at radius 1 is 1.00 bits per heavy atom. The smallest absolute Gasteiger partial charge is 0.193 e. The van der Waals surface area contributed by atoms with Gasteiger partial charge in [0.25, 0.3) is 0 Å². The maximum Gasteiger partial charge on any atom is 0.193 e. The normalized spacial score (nSPS) is 32.5. The van der Waals surface area contributed by atoms with Crippen molar-refractivity contribution in [2.45, 2.75) is 45.3 Å². The van der Waals surface area contributed by atoms with Gasteiger partial charge in [-0.05, 0) is 52.3 Å². The highest BCUT2D eigenvalue weighted by Crippen LogP contribution is 2.83. The Kier molecular flexibility index (Phi) is 5.17. The molecule has 0 radical (unpaired) electrons. The number of allylic oxidation sites excluding steroid dienone is 1. The van der Waals surface area contributed by atoms with Gasteiger partial charge in [0, 0.05) is 11.3 Å². The summed E-state index contributed by atoms with van der Waals surface area (Å²) in [5.41, 5.74) is 4.36. The van der Waals surface area contributed by atoms with Gasteiger partial charge >= 0.3 is 0 Å². The van der Waals surface area contributed by atoms with Crippen LogP contribution in [0, 0.1) is 11.3 Å². The third-order valence-electron chi connectivity index (χ3n) is 8.53. The van der Waals surface area contributed by atoms with E-state index in [2.05, 4.69) is 100 Å². The lowest BCUT2D eigenvalue weighted by Gasteiger charge is -2.40. The average Bonchev–Trinajstić information content (AvgIpc) is 3.46. The van der Waals surface area contributed by atoms with Crippen LogP contribution in [0.2, 0.25) is 0 Å². The number of nitrogens with zero attached hydrogens (tertiary/aromatic N) is 1. The van der Waals surface area contributed by atoms with E-state index < -0.39 is 6.04 Å². The number of benzene rings is 3. The van der Waals surface area contributed by atoms with Crippen molar-refractivity contribution in [2.75, 3.05) is 12.8 Å². The number of fused-ring (bicyclic) bond motifs is 3. The van der Waals surface area contributed by atoms with Gasteiger partial charge in [-0.1, -0.05) is 111 Å². The minimum Gasteiger partial charge on any atom is -0.478 e. The van der Waals surface area contributed by atoms with Crippen molar-refractivity contribution in [1.82, 2.24) is 0 Å². The van der Waals surface area contributed by atoms with Gasteiger partial charge in [0.1, 0.15) is 6.61 Å². The van der Waals surface area contributed by atoms with E-state index in [-0.39, 0.29) is 17.1 Å². The van der Waals surface area contributed by atoms with Crippen LogP contribution in [0.1, 0.15) is 44.7 Å². The summed E-state index contributed by atoms with van der Waals surface area (Å²) in [6.45, 7) is 9.96. The summed E-state index contributed by atoms with van der Waals surface area (Å²) in [4.78, 5) is 5.19. The second-order valence-corrected chi connectivity index (χ2v) is 15.7. The van der Waals surface area contributed by atoms with E-state index in [9.17, 15) is 0 Å². The lowest BCUT2D eigenvalue weighted by molar-refractivity contribution is 0.279. The molecule has 0 saturated carbocycles. The highest BCUT2D eigenvalue weighted by molar-refractivity contribution is 8.20. The predicted molar refractivity (Wildman–Crippen MR) is 149 cm³/mol. The standard InChI is InChI=1S/C30H32NOPS/c1-19(2)25-17-32-29(31-25)28-26(22-12-6-5-7-13-22)30(4)18-33(28,34)27(20(30)3)24-16-10-14-21-11-8-9-15-23(21)24/h5-16,19,25-26,28H,17-18H2,1-4H3/t25-,26+,28+,30+,33-/m1/s1. The van der Waals surface area contributed by atoms with Crippen LogP contribution >= 0.6 is 6.04 Å². The molecule has 34 heavy (non-hydrogen) atoms. The van der Waals surface area contributed by atoms with E-state index in [4.69, 9.17) is 21.5 Å². The largest absolute Gasteiger partial charge is 0.478 e. The molecule has 3 aliphatic rings. The van der Waals surface area contributed by atoms with Crippen molar-refractivity contribution in [3.8, 4) is 0 Å². The Bertz CT molecular complexity index is 1390. The van der Waals surface area contributed by atoms with Crippen molar-refractivity contribution < 1.29 is 4.74 Å². The fourth-order valence-corrected chi connectivity index (χ4v) is 13.8. The van der Waals surface area contributed by atoms with E-state index in [1.54, 1.807) is 0 Å². The van der Waals surface area contributed by atoms with Crippen LogP contribution < -0.4 is 0 Å². The molecule has 0 N–H and O–H groups in total. The van der Waals surface area contributed by atoms with Gasteiger partial charge in [-0.25, -0.2) is 4.99 Å². The molecule has 174 valence electrons. The van der Waals surface area contributed by atoms with Crippen LogP contribution in [0.3, 0.4) is 0 Å². The fraction of sp³-hybridized carbons (Fsp3) is 0.367. The maximum absolute atomic E-state index is 6.86. The van der Waals surface area contributed by atoms with E-state index in [0.717, 1.165) is 12.1 Å². The number of rotatable bonds is 4. The topological polar surface area (TPSA) is 21.6 Å². The third-order valence-corrected chi connectivity index (χ3v) is 14.0. The van der Waals surface area contributed by atoms with E-state index in [0.29, 0.717) is 18.4 Å². The molecule has 3 aromatic carbocycles. The molecule has 1 fully saturated rings. The summed E-state index contributed by atoms with van der Waals surface area (Å²) in [6.07, 6.45) is 1.05. The second kappa shape index (κ2) is 7.90. The number of hydrogen-bond donors (Lipinski definition) is 0. The van der Waals surface area contributed by atoms with E-state index >= 15 is 0 Å². The summed E-state index contributed by atoms with van der Waals surface area (Å²) < 4.78 is 6.42. The Hall–Kier alpha value is -2.22. The second-order valence-electron chi connectivity index (χ2n) is 10.8. The monoisotopic (exact) mass is 485 g/mol. The summed E-state index contributed by atoms with van der Waals surface area (Å²) in [6, 6.07) is 24.6. The molecular weight excluding hydrogens is 453 g/mol. The first-order valence-electron chi connectivity index (χ1n) is 12.4. The van der Waals surface area contributed by atoms with Crippen molar-refractivity contribution >= 4 is 39.8 Å². The van der Waals surface area contributed by atoms with Crippen LogP contribution in [-0.2, 0) is 16.5 Å². The van der Waals surface area contributed by atoms with Gasteiger partial charge < -0.3 is 4.74 Å². The predicted octanol–water partition coefficient (Wildman–Crippen LogP) is 7.69. The first kappa shape index (κ1) is 22.3. The van der Waals surface area contributed by atoms with Gasteiger partial charge in [0.15, 0.2) is 5.90 Å². The molecule has 3 aromatic rings. The van der Waals surface area contributed by atoms with Crippen molar-refractivity contribution in [1.29, 1.82) is 0 Å². The third kappa shape index (κ3) is 3.06. The van der Waals surface area contributed by atoms with Gasteiger partial charge in [0.2, 0.25) is 0 Å². The Morgan fingerprint density at radius 2 is 1.71 bits per heavy atom. The number of aliphatic imine (C=N–C) groups is 1. The summed E-state index contributed by atoms with van der Waals surface area (Å²) in [5, 5.41) is 4.03. The molecular formula is C30H32NOPS. The number of ether oxygens (including phenoxy) is 1. The zero-order valence-electron chi connectivity index (χ0n) is 20.4. The zero-order chi connectivity index (χ0) is 23.7.